The highest BCUT2D eigenvalue weighted by atomic mass is 16.5. The molecule has 31 heavy (non-hydrogen) atoms. The van der Waals surface area contributed by atoms with Crippen molar-refractivity contribution >= 4 is 22.7 Å². The van der Waals surface area contributed by atoms with Crippen LogP contribution in [0.1, 0.15) is 0 Å². The van der Waals surface area contributed by atoms with Gasteiger partial charge >= 0.3 is 0 Å². The third-order valence-electron chi connectivity index (χ3n) is 4.90. The van der Waals surface area contributed by atoms with E-state index in [2.05, 4.69) is 35.8 Å². The van der Waals surface area contributed by atoms with Crippen molar-refractivity contribution in [3.8, 4) is 28.7 Å². The van der Waals surface area contributed by atoms with E-state index in [4.69, 9.17) is 9.72 Å². The minimum atomic E-state index is 0.472. The Bertz CT molecular complexity index is 1400. The fraction of sp³-hybridized carbons (Fsp3) is 0.211. The van der Waals surface area contributed by atoms with Gasteiger partial charge in [0.05, 0.1) is 25.2 Å². The number of methoxy groups -OCH3 is 1. The molecule has 0 radical (unpaired) electrons. The van der Waals surface area contributed by atoms with Crippen LogP contribution < -0.4 is 10.1 Å². The fourth-order valence-electron chi connectivity index (χ4n) is 3.33. The second-order valence-corrected chi connectivity index (χ2v) is 6.89. The molecule has 0 amide bonds. The number of hydrogen-bond acceptors (Lipinski definition) is 9. The number of anilines is 2. The molecule has 0 atom stereocenters. The highest BCUT2D eigenvalue weighted by Crippen LogP contribution is 2.30. The zero-order valence-electron chi connectivity index (χ0n) is 17.3. The van der Waals surface area contributed by atoms with Crippen LogP contribution in [0.5, 0.6) is 5.88 Å². The van der Waals surface area contributed by atoms with Crippen molar-refractivity contribution in [2.45, 2.75) is 0 Å². The lowest BCUT2D eigenvalue weighted by Gasteiger charge is -2.09. The Kier molecular flexibility index (Phi) is 4.31. The summed E-state index contributed by atoms with van der Waals surface area (Å²) in [5.41, 5.74) is 3.13. The number of nitrogens with zero attached hydrogens (tertiary/aromatic N) is 10. The zero-order valence-corrected chi connectivity index (χ0v) is 17.3. The van der Waals surface area contributed by atoms with Gasteiger partial charge in [-0.1, -0.05) is 5.21 Å². The Morgan fingerprint density at radius 1 is 1.00 bits per heavy atom. The highest BCUT2D eigenvalue weighted by Gasteiger charge is 2.16. The maximum absolute atomic E-state index is 5.18. The van der Waals surface area contributed by atoms with Crippen LogP contribution in [0.4, 0.5) is 11.6 Å². The summed E-state index contributed by atoms with van der Waals surface area (Å²) in [6.07, 6.45) is 5.14. The molecular weight excluding hydrogens is 398 g/mol. The number of aromatic nitrogens is 10. The molecule has 0 spiro atoms. The van der Waals surface area contributed by atoms with Gasteiger partial charge in [-0.2, -0.15) is 15.2 Å². The van der Waals surface area contributed by atoms with E-state index in [1.807, 2.05) is 33.3 Å². The summed E-state index contributed by atoms with van der Waals surface area (Å²) in [4.78, 5) is 13.4. The smallest absolute Gasteiger partial charge is 0.216 e. The maximum Gasteiger partial charge on any atom is 0.216 e. The summed E-state index contributed by atoms with van der Waals surface area (Å²) in [6, 6.07) is 5.49. The van der Waals surface area contributed by atoms with Crippen LogP contribution in [-0.4, -0.2) is 56.6 Å². The van der Waals surface area contributed by atoms with Gasteiger partial charge in [0.2, 0.25) is 5.88 Å². The topological polar surface area (TPSA) is 126 Å². The number of aryl methyl sites for hydroxylation is 3. The lowest BCUT2D eigenvalue weighted by molar-refractivity contribution is 0.397. The van der Waals surface area contributed by atoms with Gasteiger partial charge in [0.25, 0.3) is 0 Å². The first-order chi connectivity index (χ1) is 15.0. The largest absolute Gasteiger partial charge is 0.481 e. The van der Waals surface area contributed by atoms with E-state index < -0.39 is 0 Å². The van der Waals surface area contributed by atoms with E-state index in [0.29, 0.717) is 23.2 Å². The molecule has 1 N–H and O–H groups in total. The molecule has 12 heteroatoms. The summed E-state index contributed by atoms with van der Waals surface area (Å²) < 4.78 is 10.3. The summed E-state index contributed by atoms with van der Waals surface area (Å²) in [5.74, 6) is 2.31. The average Bonchev–Trinajstić information content (AvgIpc) is 3.47. The Labute approximate surface area is 176 Å². The van der Waals surface area contributed by atoms with E-state index in [-0.39, 0.29) is 0 Å². The minimum Gasteiger partial charge on any atom is -0.481 e. The van der Waals surface area contributed by atoms with Gasteiger partial charge in [0, 0.05) is 50.4 Å². The monoisotopic (exact) mass is 417 g/mol. The van der Waals surface area contributed by atoms with Crippen molar-refractivity contribution in [2.75, 3.05) is 12.4 Å². The van der Waals surface area contributed by atoms with Crippen LogP contribution in [0, 0.1) is 0 Å². The van der Waals surface area contributed by atoms with Gasteiger partial charge in [0.15, 0.2) is 11.5 Å². The molecular formula is C19H19N11O. The molecule has 12 nitrogen and oxygen atoms in total. The van der Waals surface area contributed by atoms with E-state index in [9.17, 15) is 0 Å². The van der Waals surface area contributed by atoms with Gasteiger partial charge in [0.1, 0.15) is 17.3 Å². The van der Waals surface area contributed by atoms with Crippen molar-refractivity contribution in [1.29, 1.82) is 0 Å². The molecule has 5 rings (SSSR count). The van der Waals surface area contributed by atoms with Gasteiger partial charge in [-0.15, -0.1) is 5.10 Å². The third kappa shape index (κ3) is 3.23. The Morgan fingerprint density at radius 2 is 1.87 bits per heavy atom. The van der Waals surface area contributed by atoms with Crippen LogP contribution in [0.25, 0.3) is 33.8 Å². The second-order valence-electron chi connectivity index (χ2n) is 6.89. The van der Waals surface area contributed by atoms with Crippen molar-refractivity contribution < 1.29 is 4.74 Å². The number of hydrogen-bond donors (Lipinski definition) is 1. The van der Waals surface area contributed by atoms with Gasteiger partial charge in [-0.05, 0) is 6.07 Å². The SMILES string of the molecule is COc1ccnc(-c2cc(Nc3cc(-c4cnnn4C)c4cnn(C)c4n3)n(C)n2)n1. The van der Waals surface area contributed by atoms with Crippen LogP contribution in [0.2, 0.25) is 0 Å². The Morgan fingerprint density at radius 3 is 2.65 bits per heavy atom. The molecule has 5 aromatic heterocycles. The molecule has 0 bridgehead atoms. The summed E-state index contributed by atoms with van der Waals surface area (Å²) >= 11 is 0. The number of pyridine rings is 1. The molecule has 0 aliphatic heterocycles. The molecule has 0 fully saturated rings. The predicted molar refractivity (Wildman–Crippen MR) is 113 cm³/mol. The molecule has 0 aromatic carbocycles. The van der Waals surface area contributed by atoms with E-state index in [0.717, 1.165) is 28.1 Å². The maximum atomic E-state index is 5.18. The Balaban J connectivity index is 1.56. The first kappa shape index (κ1) is 18.7. The van der Waals surface area contributed by atoms with E-state index in [1.165, 1.54) is 0 Å². The zero-order chi connectivity index (χ0) is 21.5. The predicted octanol–water partition coefficient (Wildman–Crippen LogP) is 1.71. The quantitative estimate of drug-likeness (QED) is 0.455. The van der Waals surface area contributed by atoms with Crippen LogP contribution in [-0.2, 0) is 21.1 Å². The van der Waals surface area contributed by atoms with Crippen molar-refractivity contribution in [3.05, 3.63) is 36.8 Å². The van der Waals surface area contributed by atoms with Crippen molar-refractivity contribution in [1.82, 2.24) is 49.5 Å². The summed E-state index contributed by atoms with van der Waals surface area (Å²) in [7, 11) is 7.10. The first-order valence-electron chi connectivity index (χ1n) is 9.40. The number of rotatable bonds is 5. The van der Waals surface area contributed by atoms with E-state index in [1.54, 1.807) is 45.8 Å². The van der Waals surface area contributed by atoms with Crippen LogP contribution in [0.3, 0.4) is 0 Å². The van der Waals surface area contributed by atoms with Crippen LogP contribution in [0.15, 0.2) is 36.8 Å². The number of ether oxygens (including phenoxy) is 1. The highest BCUT2D eigenvalue weighted by molar-refractivity contribution is 5.93. The standard InChI is InChI=1S/C19H19N11O/c1-28-14(10-21-27-28)11-7-15(24-19-12(11)9-22-30(19)3)23-16-8-13(26-29(16)2)18-20-6-5-17(25-18)31-4/h5-10H,1-4H3,(H,23,24). The molecule has 5 heterocycles. The number of fused-ring (bicyclic) bond motifs is 1. The summed E-state index contributed by atoms with van der Waals surface area (Å²) in [5, 5.41) is 21.2. The lowest BCUT2D eigenvalue weighted by atomic mass is 10.1. The van der Waals surface area contributed by atoms with Crippen molar-refractivity contribution in [3.63, 3.8) is 0 Å². The third-order valence-corrected chi connectivity index (χ3v) is 4.90. The van der Waals surface area contributed by atoms with Gasteiger partial charge < -0.3 is 10.1 Å². The van der Waals surface area contributed by atoms with Crippen molar-refractivity contribution in [2.24, 2.45) is 21.1 Å². The molecule has 0 aliphatic carbocycles. The van der Waals surface area contributed by atoms with Gasteiger partial charge in [-0.3, -0.25) is 9.36 Å². The molecule has 0 aliphatic rings. The second kappa shape index (κ2) is 7.16. The van der Waals surface area contributed by atoms with E-state index >= 15 is 0 Å². The number of nitrogens with one attached hydrogen (secondary N) is 1. The fourth-order valence-corrected chi connectivity index (χ4v) is 3.33. The molecule has 0 saturated heterocycles. The molecule has 0 saturated carbocycles. The molecule has 0 unspecified atom stereocenters. The Hall–Kier alpha value is -4.35. The first-order valence-corrected chi connectivity index (χ1v) is 9.40. The molecule has 156 valence electrons. The lowest BCUT2D eigenvalue weighted by Crippen LogP contribution is -2.03. The van der Waals surface area contributed by atoms with Gasteiger partial charge in [-0.25, -0.2) is 14.6 Å². The van der Waals surface area contributed by atoms with Crippen LogP contribution >= 0.6 is 0 Å². The molecule has 5 aromatic rings. The summed E-state index contributed by atoms with van der Waals surface area (Å²) in [6.45, 7) is 0. The minimum absolute atomic E-state index is 0.472. The average molecular weight is 417 g/mol. The normalized spacial score (nSPS) is 11.2.